The van der Waals surface area contributed by atoms with Crippen LogP contribution >= 0.6 is 0 Å². The number of hydrogen-bond acceptors (Lipinski definition) is 4. The zero-order valence-electron chi connectivity index (χ0n) is 18.0. The second kappa shape index (κ2) is 9.06. The molecule has 1 amide bonds. The molecule has 7 nitrogen and oxygen atoms in total. The summed E-state index contributed by atoms with van der Waals surface area (Å²) in [6, 6.07) is 8.16. The number of carbonyl (C=O) groups is 1. The van der Waals surface area contributed by atoms with Crippen LogP contribution in [-0.4, -0.2) is 45.4 Å². The van der Waals surface area contributed by atoms with Gasteiger partial charge in [-0.15, -0.1) is 0 Å². The first kappa shape index (κ1) is 20.7. The van der Waals surface area contributed by atoms with Gasteiger partial charge in [-0.05, 0) is 43.7 Å². The predicted molar refractivity (Wildman–Crippen MR) is 115 cm³/mol. The molecule has 2 heterocycles. The molecule has 0 N–H and O–H groups in total. The van der Waals surface area contributed by atoms with Crippen LogP contribution in [0.15, 0.2) is 29.1 Å². The van der Waals surface area contributed by atoms with E-state index in [1.165, 1.54) is 17.5 Å². The summed E-state index contributed by atoms with van der Waals surface area (Å²) in [4.78, 5) is 27.4. The number of benzene rings is 1. The van der Waals surface area contributed by atoms with Crippen molar-refractivity contribution in [1.29, 1.82) is 0 Å². The lowest BCUT2D eigenvalue weighted by Crippen LogP contribution is -2.39. The van der Waals surface area contributed by atoms with Gasteiger partial charge in [0.05, 0.1) is 7.11 Å². The summed E-state index contributed by atoms with van der Waals surface area (Å²) in [5.41, 5.74) is 1.07. The molecule has 0 atom stereocenters. The fourth-order valence-corrected chi connectivity index (χ4v) is 4.98. The van der Waals surface area contributed by atoms with E-state index in [2.05, 4.69) is 5.10 Å². The number of likely N-dealkylation sites (tertiary alicyclic amines) is 1. The van der Waals surface area contributed by atoms with Crippen LogP contribution in [-0.2, 0) is 18.3 Å². The Morgan fingerprint density at radius 1 is 1.13 bits per heavy atom. The quantitative estimate of drug-likeness (QED) is 0.731. The number of aryl methyl sites for hydroxylation is 2. The Hall–Kier alpha value is -2.57. The fraction of sp³-hybridized carbons (Fsp3) is 0.609. The summed E-state index contributed by atoms with van der Waals surface area (Å²) in [6.45, 7) is 1.45. The van der Waals surface area contributed by atoms with Crippen molar-refractivity contribution >= 4 is 5.91 Å². The number of amides is 1. The molecule has 2 fully saturated rings. The van der Waals surface area contributed by atoms with Crippen molar-refractivity contribution in [3.63, 3.8) is 0 Å². The predicted octanol–water partition coefficient (Wildman–Crippen LogP) is 3.04. The molecular weight excluding hydrogens is 380 g/mol. The van der Waals surface area contributed by atoms with Crippen LogP contribution in [0, 0.1) is 0 Å². The summed E-state index contributed by atoms with van der Waals surface area (Å²) in [5, 5.41) is 4.59. The van der Waals surface area contributed by atoms with Gasteiger partial charge in [-0.3, -0.25) is 9.36 Å². The second-order valence-corrected chi connectivity index (χ2v) is 8.54. The molecule has 162 valence electrons. The van der Waals surface area contributed by atoms with Gasteiger partial charge in [0.1, 0.15) is 11.6 Å². The van der Waals surface area contributed by atoms with Crippen LogP contribution in [0.3, 0.4) is 0 Å². The van der Waals surface area contributed by atoms with Crippen LogP contribution in [0.2, 0.25) is 0 Å². The van der Waals surface area contributed by atoms with E-state index < -0.39 is 0 Å². The highest BCUT2D eigenvalue weighted by Crippen LogP contribution is 2.33. The van der Waals surface area contributed by atoms with Crippen LogP contribution < -0.4 is 10.4 Å². The molecule has 1 saturated carbocycles. The molecule has 2 aliphatic rings. The molecule has 2 aromatic rings. The third kappa shape index (κ3) is 4.16. The monoisotopic (exact) mass is 412 g/mol. The number of ether oxygens (including phenoxy) is 1. The van der Waals surface area contributed by atoms with Gasteiger partial charge >= 0.3 is 5.69 Å². The standard InChI is InChI=1S/C23H32N4O3/c1-25-23(29)27(19-8-4-5-9-19)22(24-25)18-13-15-26(16-14-18)21(28)12-11-17-7-3-6-10-20(17)30-2/h3,6-7,10,18-19H,4-5,8-9,11-16H2,1-2H3. The summed E-state index contributed by atoms with van der Waals surface area (Å²) in [5.74, 6) is 2.20. The normalized spacial score (nSPS) is 18.1. The number of hydrogen-bond donors (Lipinski definition) is 0. The van der Waals surface area contributed by atoms with Crippen LogP contribution in [0.25, 0.3) is 0 Å². The Morgan fingerprint density at radius 3 is 2.53 bits per heavy atom. The lowest BCUT2D eigenvalue weighted by Gasteiger charge is -2.32. The molecular formula is C23H32N4O3. The summed E-state index contributed by atoms with van der Waals surface area (Å²) in [7, 11) is 3.40. The number of rotatable bonds is 6. The van der Waals surface area contributed by atoms with E-state index in [9.17, 15) is 9.59 Å². The van der Waals surface area contributed by atoms with Crippen molar-refractivity contribution in [3.8, 4) is 5.75 Å². The van der Waals surface area contributed by atoms with Gasteiger partial charge in [-0.1, -0.05) is 31.0 Å². The van der Waals surface area contributed by atoms with Crippen molar-refractivity contribution in [2.45, 2.75) is 63.3 Å². The number of methoxy groups -OCH3 is 1. The third-order valence-electron chi connectivity index (χ3n) is 6.69. The largest absolute Gasteiger partial charge is 0.496 e. The number of aromatic nitrogens is 3. The highest BCUT2D eigenvalue weighted by Gasteiger charge is 2.31. The van der Waals surface area contributed by atoms with E-state index in [0.717, 1.165) is 55.9 Å². The Bertz CT molecular complexity index is 934. The molecule has 4 rings (SSSR count). The number of piperidine rings is 1. The molecule has 0 bridgehead atoms. The summed E-state index contributed by atoms with van der Waals surface area (Å²) in [6.07, 6.45) is 7.41. The first-order valence-electron chi connectivity index (χ1n) is 11.1. The highest BCUT2D eigenvalue weighted by atomic mass is 16.5. The minimum atomic E-state index is 0.00668. The van der Waals surface area contributed by atoms with Crippen molar-refractivity contribution in [2.24, 2.45) is 7.05 Å². The number of para-hydroxylation sites is 1. The molecule has 1 aliphatic carbocycles. The minimum Gasteiger partial charge on any atom is -0.496 e. The van der Waals surface area contributed by atoms with Gasteiger partial charge in [0.2, 0.25) is 5.91 Å². The molecule has 1 saturated heterocycles. The molecule has 1 aromatic heterocycles. The van der Waals surface area contributed by atoms with Crippen molar-refractivity contribution < 1.29 is 9.53 Å². The Kier molecular flexibility index (Phi) is 6.25. The SMILES string of the molecule is COc1ccccc1CCC(=O)N1CCC(c2nn(C)c(=O)n2C2CCCC2)CC1. The third-order valence-corrected chi connectivity index (χ3v) is 6.69. The second-order valence-electron chi connectivity index (χ2n) is 8.54. The maximum atomic E-state index is 12.8. The van der Waals surface area contributed by atoms with E-state index in [4.69, 9.17) is 4.74 Å². The highest BCUT2D eigenvalue weighted by molar-refractivity contribution is 5.76. The zero-order valence-corrected chi connectivity index (χ0v) is 18.0. The zero-order chi connectivity index (χ0) is 21.1. The maximum absolute atomic E-state index is 12.8. The van der Waals surface area contributed by atoms with E-state index in [1.54, 1.807) is 14.2 Å². The van der Waals surface area contributed by atoms with E-state index >= 15 is 0 Å². The van der Waals surface area contributed by atoms with Crippen LogP contribution in [0.4, 0.5) is 0 Å². The Labute approximate surface area is 177 Å². The molecule has 7 heteroatoms. The van der Waals surface area contributed by atoms with Crippen LogP contribution in [0.5, 0.6) is 5.75 Å². The van der Waals surface area contributed by atoms with Crippen LogP contribution in [0.1, 0.15) is 68.3 Å². The van der Waals surface area contributed by atoms with Crippen molar-refractivity contribution in [2.75, 3.05) is 20.2 Å². The molecule has 0 spiro atoms. The van der Waals surface area contributed by atoms with E-state index in [1.807, 2.05) is 33.7 Å². The average molecular weight is 413 g/mol. The first-order chi connectivity index (χ1) is 14.6. The Morgan fingerprint density at radius 2 is 1.83 bits per heavy atom. The Balaban J connectivity index is 1.37. The van der Waals surface area contributed by atoms with Crippen molar-refractivity contribution in [3.05, 3.63) is 46.1 Å². The van der Waals surface area contributed by atoms with Gasteiger partial charge < -0.3 is 9.64 Å². The van der Waals surface area contributed by atoms with E-state index in [0.29, 0.717) is 18.9 Å². The molecule has 30 heavy (non-hydrogen) atoms. The molecule has 0 unspecified atom stereocenters. The minimum absolute atomic E-state index is 0.00668. The fourth-order valence-electron chi connectivity index (χ4n) is 4.98. The van der Waals surface area contributed by atoms with Gasteiger partial charge in [-0.25, -0.2) is 9.48 Å². The molecule has 1 aromatic carbocycles. The van der Waals surface area contributed by atoms with Gasteiger partial charge in [-0.2, -0.15) is 5.10 Å². The number of carbonyl (C=O) groups excluding carboxylic acids is 1. The van der Waals surface area contributed by atoms with Gasteiger partial charge in [0.25, 0.3) is 0 Å². The summed E-state index contributed by atoms with van der Waals surface area (Å²) < 4.78 is 8.83. The van der Waals surface area contributed by atoms with E-state index in [-0.39, 0.29) is 17.5 Å². The first-order valence-corrected chi connectivity index (χ1v) is 11.1. The molecule has 1 aliphatic heterocycles. The van der Waals surface area contributed by atoms with Gasteiger partial charge in [0.15, 0.2) is 0 Å². The van der Waals surface area contributed by atoms with Crippen molar-refractivity contribution in [1.82, 2.24) is 19.2 Å². The lowest BCUT2D eigenvalue weighted by atomic mass is 9.95. The maximum Gasteiger partial charge on any atom is 0.345 e. The average Bonchev–Trinajstić information content (AvgIpc) is 3.40. The number of nitrogens with zero attached hydrogens (tertiary/aromatic N) is 4. The lowest BCUT2D eigenvalue weighted by molar-refractivity contribution is -0.132. The topological polar surface area (TPSA) is 69.4 Å². The molecule has 0 radical (unpaired) electrons. The smallest absolute Gasteiger partial charge is 0.345 e. The van der Waals surface area contributed by atoms with Gasteiger partial charge in [0, 0.05) is 38.5 Å². The summed E-state index contributed by atoms with van der Waals surface area (Å²) >= 11 is 0.